The van der Waals surface area contributed by atoms with Gasteiger partial charge < -0.3 is 21.3 Å². The molecule has 0 spiro atoms. The maximum atomic E-state index is 14.1. The van der Waals surface area contributed by atoms with Crippen molar-refractivity contribution in [2.24, 2.45) is 11.3 Å². The first-order valence-electron chi connectivity index (χ1n) is 15.1. The Balaban J connectivity index is 2.30. The monoisotopic (exact) mass is 641 g/mol. The van der Waals surface area contributed by atoms with Gasteiger partial charge in [-0.15, -0.1) is 0 Å². The van der Waals surface area contributed by atoms with Crippen LogP contribution in [-0.2, 0) is 35.6 Å². The molecule has 10 nitrogen and oxygen atoms in total. The summed E-state index contributed by atoms with van der Waals surface area (Å²) in [7, 11) is -0.614. The van der Waals surface area contributed by atoms with Crippen LogP contribution in [0.4, 0.5) is 5.69 Å². The maximum Gasteiger partial charge on any atom is 0.260 e. The Kier molecular flexibility index (Phi) is 12.5. The normalized spacial score (nSPS) is 14.8. The molecule has 0 fully saturated rings. The number of nitrogens with one attached hydrogen (secondary N) is 3. The van der Waals surface area contributed by atoms with E-state index in [9.17, 15) is 22.8 Å². The van der Waals surface area contributed by atoms with E-state index in [4.69, 9.17) is 5.73 Å². The van der Waals surface area contributed by atoms with Gasteiger partial charge in [-0.25, -0.2) is 13.1 Å². The van der Waals surface area contributed by atoms with Gasteiger partial charge in [-0.1, -0.05) is 97.0 Å². The second-order valence-corrected chi connectivity index (χ2v) is 15.3. The Morgan fingerprint density at radius 1 is 0.933 bits per heavy atom. The summed E-state index contributed by atoms with van der Waals surface area (Å²) in [6, 6.07) is 13.8. The van der Waals surface area contributed by atoms with Crippen LogP contribution in [0.1, 0.15) is 66.5 Å². The van der Waals surface area contributed by atoms with Crippen LogP contribution in [0.2, 0.25) is 0 Å². The van der Waals surface area contributed by atoms with Crippen LogP contribution in [0, 0.1) is 11.3 Å². The summed E-state index contributed by atoms with van der Waals surface area (Å²) in [6.45, 7) is 14.8. The van der Waals surface area contributed by atoms with Gasteiger partial charge in [0.15, 0.2) is 0 Å². The van der Waals surface area contributed by atoms with Crippen LogP contribution < -0.4 is 21.1 Å². The van der Waals surface area contributed by atoms with Crippen molar-refractivity contribution in [2.45, 2.75) is 84.7 Å². The van der Waals surface area contributed by atoms with E-state index in [1.165, 1.54) is 11.8 Å². The Morgan fingerprint density at radius 3 is 1.98 bits per heavy atom. The zero-order valence-corrected chi connectivity index (χ0v) is 29.1. The SMILES string of the molecule is CN[C@H](C(=O)N[C@H](C(=O)N(C)[C@H](/C=C(\C)C(=O)NS(=O)(=O)Cc1ccccc1)C(C)C)C(C)(C)C)C(C)(C)c1ccc(N)cc1. The largest absolute Gasteiger partial charge is 0.399 e. The zero-order valence-electron chi connectivity index (χ0n) is 28.3. The van der Waals surface area contributed by atoms with E-state index in [2.05, 4.69) is 15.4 Å². The number of nitrogens with two attached hydrogens (primary N) is 1. The lowest BCUT2D eigenvalue weighted by Gasteiger charge is -2.40. The standard InChI is InChI=1S/C34H51N5O5S/c1-22(2)27(20-23(3)30(40)38-45(43,44)21-24-14-12-11-13-15-24)39(10)32(42)29(33(4,5)6)37-31(41)28(36-9)34(7,8)25-16-18-26(35)19-17-25/h11-20,22,27-29,36H,21,35H2,1-10H3,(H,37,41)(H,38,40)/b23-20+/t27-,28-,29-/m1/s1. The molecule has 0 aliphatic heterocycles. The molecule has 0 aliphatic carbocycles. The molecule has 0 bridgehead atoms. The minimum Gasteiger partial charge on any atom is -0.399 e. The second-order valence-electron chi connectivity index (χ2n) is 13.6. The van der Waals surface area contributed by atoms with Crippen LogP contribution in [0.3, 0.4) is 0 Å². The van der Waals surface area contributed by atoms with Crippen molar-refractivity contribution < 1.29 is 22.8 Å². The van der Waals surface area contributed by atoms with E-state index in [1.54, 1.807) is 62.6 Å². The third kappa shape index (κ3) is 10.2. The van der Waals surface area contributed by atoms with E-state index < -0.39 is 44.9 Å². The summed E-state index contributed by atoms with van der Waals surface area (Å²) in [5, 5.41) is 6.13. The maximum absolute atomic E-state index is 14.1. The predicted molar refractivity (Wildman–Crippen MR) is 180 cm³/mol. The topological polar surface area (TPSA) is 151 Å². The van der Waals surface area contributed by atoms with Crippen molar-refractivity contribution in [3.8, 4) is 0 Å². The van der Waals surface area contributed by atoms with Gasteiger partial charge in [0.2, 0.25) is 21.8 Å². The summed E-state index contributed by atoms with van der Waals surface area (Å²) in [5.74, 6) is -1.91. The van der Waals surface area contributed by atoms with Gasteiger partial charge in [0, 0.05) is 23.7 Å². The molecule has 2 aromatic carbocycles. The minimum atomic E-state index is -3.94. The van der Waals surface area contributed by atoms with Gasteiger partial charge in [0.25, 0.3) is 5.91 Å². The lowest BCUT2D eigenvalue weighted by molar-refractivity contribution is -0.140. The van der Waals surface area contributed by atoms with Crippen LogP contribution >= 0.6 is 0 Å². The Labute approximate surface area is 269 Å². The van der Waals surface area contributed by atoms with Crippen LogP contribution in [0.25, 0.3) is 0 Å². The molecule has 0 radical (unpaired) electrons. The number of rotatable bonds is 13. The molecular formula is C34H51N5O5S. The van der Waals surface area contributed by atoms with E-state index in [-0.39, 0.29) is 29.1 Å². The van der Waals surface area contributed by atoms with Gasteiger partial charge in [0.05, 0.1) is 17.8 Å². The molecule has 0 unspecified atom stereocenters. The van der Waals surface area contributed by atoms with Gasteiger partial charge in [0.1, 0.15) is 6.04 Å². The first-order valence-corrected chi connectivity index (χ1v) is 16.7. The molecule has 0 saturated heterocycles. The number of carbonyl (C=O) groups excluding carboxylic acids is 3. The van der Waals surface area contributed by atoms with Crippen molar-refractivity contribution >= 4 is 33.4 Å². The second kappa shape index (κ2) is 15.1. The summed E-state index contributed by atoms with van der Waals surface area (Å²) in [6.07, 6.45) is 1.60. The first kappa shape index (κ1) is 37.5. The molecule has 11 heteroatoms. The third-order valence-corrected chi connectivity index (χ3v) is 9.24. The number of sulfonamides is 1. The molecule has 2 rings (SSSR count). The molecule has 45 heavy (non-hydrogen) atoms. The van der Waals surface area contributed by atoms with Crippen molar-refractivity contribution in [3.05, 3.63) is 77.4 Å². The zero-order chi connectivity index (χ0) is 34.3. The summed E-state index contributed by atoms with van der Waals surface area (Å²) >= 11 is 0. The highest BCUT2D eigenvalue weighted by molar-refractivity contribution is 7.89. The number of nitrogen functional groups attached to an aromatic ring is 1. The quantitative estimate of drug-likeness (QED) is 0.192. The van der Waals surface area contributed by atoms with Gasteiger partial charge >= 0.3 is 0 Å². The third-order valence-electron chi connectivity index (χ3n) is 8.03. The van der Waals surface area contributed by atoms with Crippen molar-refractivity contribution in [1.82, 2.24) is 20.3 Å². The highest BCUT2D eigenvalue weighted by Gasteiger charge is 2.41. The van der Waals surface area contributed by atoms with Crippen molar-refractivity contribution in [1.29, 1.82) is 0 Å². The number of carbonyl (C=O) groups is 3. The van der Waals surface area contributed by atoms with E-state index >= 15 is 0 Å². The molecule has 0 aromatic heterocycles. The number of benzene rings is 2. The molecule has 0 aliphatic rings. The number of anilines is 1. The molecule has 3 atom stereocenters. The average Bonchev–Trinajstić information content (AvgIpc) is 2.93. The summed E-state index contributed by atoms with van der Waals surface area (Å²) in [5.41, 5.74) is 6.81. The van der Waals surface area contributed by atoms with E-state index in [1.807, 2.05) is 60.6 Å². The Bertz CT molecular complexity index is 1460. The van der Waals surface area contributed by atoms with Gasteiger partial charge in [-0.2, -0.15) is 0 Å². The molecule has 0 heterocycles. The molecule has 248 valence electrons. The fourth-order valence-corrected chi connectivity index (χ4v) is 6.41. The van der Waals surface area contributed by atoms with E-state index in [0.29, 0.717) is 11.3 Å². The lowest BCUT2D eigenvalue weighted by Crippen LogP contribution is -2.61. The Hall–Kier alpha value is -3.70. The lowest BCUT2D eigenvalue weighted by atomic mass is 9.76. The van der Waals surface area contributed by atoms with Crippen molar-refractivity contribution in [2.75, 3.05) is 19.8 Å². The molecule has 2 aromatic rings. The van der Waals surface area contributed by atoms with Gasteiger partial charge in [-0.05, 0) is 48.6 Å². The van der Waals surface area contributed by atoms with Gasteiger partial charge in [-0.3, -0.25) is 14.4 Å². The highest BCUT2D eigenvalue weighted by atomic mass is 32.2. The summed E-state index contributed by atoms with van der Waals surface area (Å²) < 4.78 is 27.5. The van der Waals surface area contributed by atoms with Crippen LogP contribution in [0.15, 0.2) is 66.2 Å². The fraction of sp³-hybridized carbons (Fsp3) is 0.500. The number of hydrogen-bond acceptors (Lipinski definition) is 7. The summed E-state index contributed by atoms with van der Waals surface area (Å²) in [4.78, 5) is 42.3. The van der Waals surface area contributed by atoms with Crippen molar-refractivity contribution in [3.63, 3.8) is 0 Å². The molecular weight excluding hydrogens is 590 g/mol. The number of likely N-dealkylation sites (N-methyl/N-ethyl adjacent to an activating group) is 2. The number of amides is 3. The minimum absolute atomic E-state index is 0.131. The molecule has 3 amide bonds. The highest BCUT2D eigenvalue weighted by Crippen LogP contribution is 2.29. The van der Waals surface area contributed by atoms with E-state index in [0.717, 1.165) is 5.56 Å². The fourth-order valence-electron chi connectivity index (χ4n) is 5.26. The number of hydrogen-bond donors (Lipinski definition) is 4. The predicted octanol–water partition coefficient (Wildman–Crippen LogP) is 3.74. The smallest absolute Gasteiger partial charge is 0.260 e. The first-order chi connectivity index (χ1) is 20.7. The number of nitrogens with zero attached hydrogens (tertiary/aromatic N) is 1. The molecule has 5 N–H and O–H groups in total. The molecule has 0 saturated carbocycles. The van der Waals surface area contributed by atoms with Crippen LogP contribution in [0.5, 0.6) is 0 Å². The van der Waals surface area contributed by atoms with Crippen LogP contribution in [-0.4, -0.2) is 63.3 Å². The average molecular weight is 642 g/mol. The Morgan fingerprint density at radius 2 is 1.49 bits per heavy atom.